The Kier molecular flexibility index (Phi) is 3.84. The number of hydrogen-bond acceptors (Lipinski definition) is 4. The molecular weight excluding hydrogens is 272 g/mol. The Balaban J connectivity index is 1.72. The molecule has 0 amide bonds. The molecule has 110 valence electrons. The number of sulfone groups is 1. The largest absolute Gasteiger partial charge is 0.271 e. The molecule has 0 saturated carbocycles. The first-order chi connectivity index (χ1) is 9.62. The summed E-state index contributed by atoms with van der Waals surface area (Å²) in [5, 5.41) is -0.311. The number of rotatable bonds is 4. The van der Waals surface area contributed by atoms with Crippen molar-refractivity contribution in [3.63, 3.8) is 0 Å². The van der Waals surface area contributed by atoms with Crippen molar-refractivity contribution in [2.45, 2.75) is 49.3 Å². The van der Waals surface area contributed by atoms with E-state index in [1.165, 1.54) is 11.1 Å². The van der Waals surface area contributed by atoms with E-state index in [4.69, 9.17) is 5.84 Å². The molecule has 0 bridgehead atoms. The monoisotopic (exact) mass is 294 g/mol. The number of hydrogen-bond donors (Lipinski definition) is 2. The third kappa shape index (κ3) is 2.50. The lowest BCUT2D eigenvalue weighted by Crippen LogP contribution is -2.50. The second-order valence-electron chi connectivity index (χ2n) is 6.01. The number of fused-ring (bicyclic) bond motifs is 1. The van der Waals surface area contributed by atoms with Crippen LogP contribution in [0.25, 0.3) is 0 Å². The fourth-order valence-corrected chi connectivity index (χ4v) is 5.76. The van der Waals surface area contributed by atoms with E-state index in [0.717, 1.165) is 32.1 Å². The van der Waals surface area contributed by atoms with Gasteiger partial charge in [0.05, 0.1) is 11.0 Å². The molecule has 1 heterocycles. The molecule has 0 aromatic heterocycles. The minimum Gasteiger partial charge on any atom is -0.271 e. The fraction of sp³-hybridized carbons (Fsp3) is 0.600. The fourth-order valence-electron chi connectivity index (χ4n) is 3.64. The van der Waals surface area contributed by atoms with Gasteiger partial charge in [-0.15, -0.1) is 0 Å². The van der Waals surface area contributed by atoms with Crippen molar-refractivity contribution in [1.29, 1.82) is 0 Å². The van der Waals surface area contributed by atoms with Gasteiger partial charge in [-0.05, 0) is 42.7 Å². The van der Waals surface area contributed by atoms with Crippen molar-refractivity contribution in [2.24, 2.45) is 5.84 Å². The van der Waals surface area contributed by atoms with Crippen LogP contribution in [0.1, 0.15) is 42.7 Å². The summed E-state index contributed by atoms with van der Waals surface area (Å²) in [6, 6.07) is 8.27. The second kappa shape index (κ2) is 5.47. The molecule has 20 heavy (non-hydrogen) atoms. The third-order valence-corrected chi connectivity index (χ3v) is 7.14. The van der Waals surface area contributed by atoms with Gasteiger partial charge < -0.3 is 0 Å². The third-order valence-electron chi connectivity index (χ3n) is 4.79. The molecule has 1 aliphatic carbocycles. The summed E-state index contributed by atoms with van der Waals surface area (Å²) in [5.41, 5.74) is 5.53. The first kappa shape index (κ1) is 14.0. The average molecular weight is 294 g/mol. The highest BCUT2D eigenvalue weighted by atomic mass is 32.2. The van der Waals surface area contributed by atoms with Crippen LogP contribution in [-0.2, 0) is 16.3 Å². The molecule has 1 aromatic carbocycles. The van der Waals surface area contributed by atoms with Crippen LogP contribution in [0.5, 0.6) is 0 Å². The molecule has 1 fully saturated rings. The molecule has 0 radical (unpaired) electrons. The lowest BCUT2D eigenvalue weighted by molar-refractivity contribution is 0.382. The lowest BCUT2D eigenvalue weighted by Gasteiger charge is -2.36. The summed E-state index contributed by atoms with van der Waals surface area (Å²) in [6.07, 6.45) is 4.38. The van der Waals surface area contributed by atoms with Crippen LogP contribution < -0.4 is 11.3 Å². The first-order valence-corrected chi connectivity index (χ1v) is 9.09. The van der Waals surface area contributed by atoms with E-state index < -0.39 is 9.84 Å². The van der Waals surface area contributed by atoms with Crippen LogP contribution >= 0.6 is 0 Å². The second-order valence-corrected chi connectivity index (χ2v) is 8.35. The van der Waals surface area contributed by atoms with E-state index in [1.54, 1.807) is 0 Å². The van der Waals surface area contributed by atoms with Gasteiger partial charge in [0, 0.05) is 6.04 Å². The van der Waals surface area contributed by atoms with Crippen molar-refractivity contribution in [3.05, 3.63) is 35.4 Å². The molecular formula is C15H22N2O2S. The predicted molar refractivity (Wildman–Crippen MR) is 80.0 cm³/mol. The van der Waals surface area contributed by atoms with Crippen LogP contribution in [0, 0.1) is 0 Å². The molecule has 1 aromatic rings. The van der Waals surface area contributed by atoms with E-state index in [1.807, 2.05) is 6.07 Å². The average Bonchev–Trinajstić information content (AvgIpc) is 2.41. The van der Waals surface area contributed by atoms with Crippen LogP contribution in [0.2, 0.25) is 0 Å². The Morgan fingerprint density at radius 3 is 2.80 bits per heavy atom. The van der Waals surface area contributed by atoms with Gasteiger partial charge in [-0.2, -0.15) is 0 Å². The van der Waals surface area contributed by atoms with Crippen LogP contribution in [0.15, 0.2) is 24.3 Å². The molecule has 1 saturated heterocycles. The van der Waals surface area contributed by atoms with Crippen LogP contribution in [0.4, 0.5) is 0 Å². The first-order valence-electron chi connectivity index (χ1n) is 7.37. The summed E-state index contributed by atoms with van der Waals surface area (Å²) < 4.78 is 24.4. The lowest BCUT2D eigenvalue weighted by atomic mass is 9.74. The maximum Gasteiger partial charge on any atom is 0.154 e. The predicted octanol–water partition coefficient (Wildman–Crippen LogP) is 1.52. The SMILES string of the molecule is NNC(CC1Cc2ccccc21)C1CCCCS1(=O)=O. The van der Waals surface area contributed by atoms with Crippen LogP contribution in [-0.4, -0.2) is 25.5 Å². The van der Waals surface area contributed by atoms with Crippen molar-refractivity contribution < 1.29 is 8.42 Å². The minimum atomic E-state index is -2.98. The highest BCUT2D eigenvalue weighted by Crippen LogP contribution is 2.39. The van der Waals surface area contributed by atoms with Gasteiger partial charge in [0.1, 0.15) is 0 Å². The maximum atomic E-state index is 12.2. The summed E-state index contributed by atoms with van der Waals surface area (Å²) >= 11 is 0. The van der Waals surface area contributed by atoms with E-state index in [9.17, 15) is 8.42 Å². The summed E-state index contributed by atoms with van der Waals surface area (Å²) in [7, 11) is -2.98. The Morgan fingerprint density at radius 1 is 1.30 bits per heavy atom. The Bertz CT molecular complexity index is 585. The molecule has 1 aliphatic heterocycles. The van der Waals surface area contributed by atoms with Gasteiger partial charge >= 0.3 is 0 Å². The van der Waals surface area contributed by atoms with Gasteiger partial charge in [-0.1, -0.05) is 30.7 Å². The maximum absolute atomic E-state index is 12.2. The summed E-state index contributed by atoms with van der Waals surface area (Å²) in [6.45, 7) is 0. The summed E-state index contributed by atoms with van der Waals surface area (Å²) in [5.74, 6) is 6.42. The van der Waals surface area contributed by atoms with Crippen LogP contribution in [0.3, 0.4) is 0 Å². The summed E-state index contributed by atoms with van der Waals surface area (Å²) in [4.78, 5) is 0. The number of nitrogens with one attached hydrogen (secondary N) is 1. The Labute approximate surface area is 120 Å². The van der Waals surface area contributed by atoms with Gasteiger partial charge in [0.15, 0.2) is 9.84 Å². The highest BCUT2D eigenvalue weighted by molar-refractivity contribution is 7.92. The molecule has 3 atom stereocenters. The standard InChI is InChI=1S/C15H22N2O2S/c16-17-14(15-7-3-4-8-20(15,18)19)10-12-9-11-5-1-2-6-13(11)12/h1-2,5-6,12,14-15,17H,3-4,7-10,16H2. The van der Waals surface area contributed by atoms with E-state index in [2.05, 4.69) is 23.6 Å². The zero-order valence-electron chi connectivity index (χ0n) is 11.6. The zero-order chi connectivity index (χ0) is 14.2. The molecule has 3 rings (SSSR count). The highest BCUT2D eigenvalue weighted by Gasteiger charge is 2.38. The van der Waals surface area contributed by atoms with E-state index in [-0.39, 0.29) is 11.3 Å². The Morgan fingerprint density at radius 2 is 2.10 bits per heavy atom. The molecule has 3 unspecified atom stereocenters. The molecule has 3 N–H and O–H groups in total. The number of hydrazine groups is 1. The smallest absolute Gasteiger partial charge is 0.154 e. The number of nitrogens with two attached hydrogens (primary N) is 1. The quantitative estimate of drug-likeness (QED) is 0.652. The van der Waals surface area contributed by atoms with Gasteiger partial charge in [-0.3, -0.25) is 11.3 Å². The topological polar surface area (TPSA) is 72.2 Å². The van der Waals surface area contributed by atoms with E-state index >= 15 is 0 Å². The van der Waals surface area contributed by atoms with Gasteiger partial charge in [0.25, 0.3) is 0 Å². The zero-order valence-corrected chi connectivity index (χ0v) is 12.4. The van der Waals surface area contributed by atoms with Crippen molar-refractivity contribution >= 4 is 9.84 Å². The number of benzene rings is 1. The molecule has 4 nitrogen and oxygen atoms in total. The Hall–Kier alpha value is -0.910. The molecule has 2 aliphatic rings. The van der Waals surface area contributed by atoms with Gasteiger partial charge in [0.2, 0.25) is 0 Å². The normalized spacial score (nSPS) is 29.2. The molecule has 5 heteroatoms. The minimum absolute atomic E-state index is 0.126. The van der Waals surface area contributed by atoms with Gasteiger partial charge in [-0.25, -0.2) is 8.42 Å². The van der Waals surface area contributed by atoms with Crippen molar-refractivity contribution in [3.8, 4) is 0 Å². The van der Waals surface area contributed by atoms with Crippen molar-refractivity contribution in [1.82, 2.24) is 5.43 Å². The van der Waals surface area contributed by atoms with E-state index in [0.29, 0.717) is 11.7 Å². The molecule has 0 spiro atoms. The van der Waals surface area contributed by atoms with Crippen molar-refractivity contribution in [2.75, 3.05) is 5.75 Å².